The quantitative estimate of drug-likeness (QED) is 0.853. The fourth-order valence-corrected chi connectivity index (χ4v) is 3.46. The van der Waals surface area contributed by atoms with E-state index < -0.39 is 0 Å². The summed E-state index contributed by atoms with van der Waals surface area (Å²) in [6.07, 6.45) is 5.31. The van der Waals surface area contributed by atoms with Gasteiger partial charge in [0.05, 0.1) is 0 Å². The zero-order valence-electron chi connectivity index (χ0n) is 13.3. The lowest BCUT2D eigenvalue weighted by Gasteiger charge is -2.29. The molecule has 0 spiro atoms. The molecule has 0 radical (unpaired) electrons. The number of carbonyl (C=O) groups excluding carboxylic acids is 1. The van der Waals surface area contributed by atoms with Crippen LogP contribution in [0.5, 0.6) is 0 Å². The molecule has 1 saturated heterocycles. The molecule has 2 aliphatic rings. The Morgan fingerprint density at radius 3 is 2.62 bits per heavy atom. The molecule has 1 aliphatic carbocycles. The Morgan fingerprint density at radius 1 is 1.29 bits per heavy atom. The zero-order valence-corrected chi connectivity index (χ0v) is 14.9. The minimum atomic E-state index is 0. The van der Waals surface area contributed by atoms with Crippen molar-refractivity contribution in [3.8, 4) is 0 Å². The van der Waals surface area contributed by atoms with Crippen LogP contribution >= 0.6 is 24.8 Å². The van der Waals surface area contributed by atoms with E-state index in [4.69, 9.17) is 5.73 Å². The smallest absolute Gasteiger partial charge is 0.225 e. The average Bonchev–Trinajstić information content (AvgIpc) is 2.86. The van der Waals surface area contributed by atoms with Crippen LogP contribution in [0.15, 0.2) is 0 Å². The first kappa shape index (κ1) is 21.0. The van der Waals surface area contributed by atoms with Crippen molar-refractivity contribution in [1.29, 1.82) is 0 Å². The highest BCUT2D eigenvalue weighted by molar-refractivity contribution is 5.85. The normalized spacial score (nSPS) is 29.0. The lowest BCUT2D eigenvalue weighted by Crippen LogP contribution is -2.40. The van der Waals surface area contributed by atoms with Crippen molar-refractivity contribution in [1.82, 2.24) is 9.80 Å². The highest BCUT2D eigenvalue weighted by atomic mass is 35.5. The van der Waals surface area contributed by atoms with Crippen LogP contribution in [0.2, 0.25) is 0 Å². The molecule has 3 unspecified atom stereocenters. The SMILES string of the molecule is CCN(C)CC1CCN(C(=O)C2CCCC(N)C2)C1.Cl.Cl. The highest BCUT2D eigenvalue weighted by Gasteiger charge is 2.33. The third-order valence-electron chi connectivity index (χ3n) is 4.77. The predicted octanol–water partition coefficient (Wildman–Crippen LogP) is 2.15. The van der Waals surface area contributed by atoms with Gasteiger partial charge in [0.2, 0.25) is 5.91 Å². The lowest BCUT2D eigenvalue weighted by atomic mass is 9.85. The molecule has 6 heteroatoms. The van der Waals surface area contributed by atoms with Crippen molar-refractivity contribution in [2.75, 3.05) is 33.2 Å². The molecule has 0 aromatic carbocycles. The van der Waals surface area contributed by atoms with Gasteiger partial charge in [0.25, 0.3) is 0 Å². The Morgan fingerprint density at radius 2 is 2.00 bits per heavy atom. The average molecular weight is 340 g/mol. The first-order valence-electron chi connectivity index (χ1n) is 7.83. The Hall–Kier alpha value is -0.0300. The van der Waals surface area contributed by atoms with Crippen molar-refractivity contribution < 1.29 is 4.79 Å². The minimum absolute atomic E-state index is 0. The largest absolute Gasteiger partial charge is 0.342 e. The molecule has 2 N–H and O–H groups in total. The molecule has 1 saturated carbocycles. The third-order valence-corrected chi connectivity index (χ3v) is 4.77. The van der Waals surface area contributed by atoms with E-state index in [1.807, 2.05) is 0 Å². The van der Waals surface area contributed by atoms with Crippen molar-refractivity contribution in [2.24, 2.45) is 17.6 Å². The Balaban J connectivity index is 0.00000200. The van der Waals surface area contributed by atoms with Crippen LogP contribution in [0.1, 0.15) is 39.0 Å². The van der Waals surface area contributed by atoms with E-state index in [9.17, 15) is 4.79 Å². The van der Waals surface area contributed by atoms with E-state index in [-0.39, 0.29) is 36.8 Å². The predicted molar refractivity (Wildman–Crippen MR) is 92.3 cm³/mol. The molecule has 3 atom stereocenters. The number of amides is 1. The Labute approximate surface area is 141 Å². The number of carbonyl (C=O) groups is 1. The molecule has 2 fully saturated rings. The summed E-state index contributed by atoms with van der Waals surface area (Å²) in [6, 6.07) is 0.243. The summed E-state index contributed by atoms with van der Waals surface area (Å²) in [5, 5.41) is 0. The van der Waals surface area contributed by atoms with Gasteiger partial charge in [-0.2, -0.15) is 0 Å². The molecule has 1 amide bonds. The maximum atomic E-state index is 12.5. The topological polar surface area (TPSA) is 49.6 Å². The number of hydrogen-bond donors (Lipinski definition) is 1. The standard InChI is InChI=1S/C15H29N3O.2ClH/c1-3-17(2)10-12-7-8-18(11-12)15(19)13-5-4-6-14(16)9-13;;/h12-14H,3-11,16H2,1-2H3;2*1H. The zero-order chi connectivity index (χ0) is 13.8. The number of nitrogens with two attached hydrogens (primary N) is 1. The first-order chi connectivity index (χ1) is 9.10. The van der Waals surface area contributed by atoms with Crippen LogP contribution < -0.4 is 5.73 Å². The molecule has 21 heavy (non-hydrogen) atoms. The summed E-state index contributed by atoms with van der Waals surface area (Å²) in [7, 11) is 2.16. The maximum Gasteiger partial charge on any atom is 0.225 e. The summed E-state index contributed by atoms with van der Waals surface area (Å²) in [4.78, 5) is 16.9. The molecule has 1 aliphatic heterocycles. The van der Waals surface area contributed by atoms with Gasteiger partial charge in [0.15, 0.2) is 0 Å². The van der Waals surface area contributed by atoms with Crippen LogP contribution in [0.4, 0.5) is 0 Å². The van der Waals surface area contributed by atoms with Crippen LogP contribution in [0.25, 0.3) is 0 Å². The van der Waals surface area contributed by atoms with Crippen LogP contribution in [0.3, 0.4) is 0 Å². The fourth-order valence-electron chi connectivity index (χ4n) is 3.46. The molecule has 0 aromatic heterocycles. The second-order valence-electron chi connectivity index (χ2n) is 6.42. The third kappa shape index (κ3) is 5.93. The summed E-state index contributed by atoms with van der Waals surface area (Å²) in [6.45, 7) is 6.29. The monoisotopic (exact) mass is 339 g/mol. The van der Waals surface area contributed by atoms with Gasteiger partial charge in [-0.3, -0.25) is 4.79 Å². The number of hydrogen-bond acceptors (Lipinski definition) is 3. The fraction of sp³-hybridized carbons (Fsp3) is 0.933. The van der Waals surface area contributed by atoms with Gasteiger partial charge in [0.1, 0.15) is 0 Å². The minimum Gasteiger partial charge on any atom is -0.342 e. The molecule has 4 nitrogen and oxygen atoms in total. The molecular formula is C15H31Cl2N3O. The van der Waals surface area contributed by atoms with Crippen molar-refractivity contribution >= 4 is 30.7 Å². The van der Waals surface area contributed by atoms with Crippen molar-refractivity contribution in [3.05, 3.63) is 0 Å². The van der Waals surface area contributed by atoms with E-state index in [0.717, 1.165) is 58.3 Å². The molecule has 126 valence electrons. The number of nitrogens with zero attached hydrogens (tertiary/aromatic N) is 2. The number of rotatable bonds is 4. The van der Waals surface area contributed by atoms with Gasteiger partial charge in [-0.25, -0.2) is 0 Å². The van der Waals surface area contributed by atoms with Crippen molar-refractivity contribution in [2.45, 2.75) is 45.1 Å². The molecule has 0 aromatic rings. The Kier molecular flexibility index (Phi) is 9.87. The molecular weight excluding hydrogens is 309 g/mol. The van der Waals surface area contributed by atoms with Crippen LogP contribution in [0, 0.1) is 11.8 Å². The van der Waals surface area contributed by atoms with E-state index in [1.165, 1.54) is 0 Å². The highest BCUT2D eigenvalue weighted by Crippen LogP contribution is 2.27. The summed E-state index contributed by atoms with van der Waals surface area (Å²) in [5.41, 5.74) is 6.00. The van der Waals surface area contributed by atoms with E-state index in [2.05, 4.69) is 23.8 Å². The van der Waals surface area contributed by atoms with E-state index in [1.54, 1.807) is 0 Å². The van der Waals surface area contributed by atoms with Gasteiger partial charge in [-0.15, -0.1) is 24.8 Å². The van der Waals surface area contributed by atoms with Gasteiger partial charge in [-0.05, 0) is 45.2 Å². The molecule has 1 heterocycles. The van der Waals surface area contributed by atoms with E-state index in [0.29, 0.717) is 11.8 Å². The van der Waals surface area contributed by atoms with Gasteiger partial charge in [0, 0.05) is 31.6 Å². The van der Waals surface area contributed by atoms with Crippen molar-refractivity contribution in [3.63, 3.8) is 0 Å². The van der Waals surface area contributed by atoms with Gasteiger partial charge < -0.3 is 15.5 Å². The number of likely N-dealkylation sites (tertiary alicyclic amines) is 1. The summed E-state index contributed by atoms with van der Waals surface area (Å²) in [5.74, 6) is 1.23. The lowest BCUT2D eigenvalue weighted by molar-refractivity contribution is -0.135. The summed E-state index contributed by atoms with van der Waals surface area (Å²) < 4.78 is 0. The summed E-state index contributed by atoms with van der Waals surface area (Å²) >= 11 is 0. The molecule has 0 bridgehead atoms. The van der Waals surface area contributed by atoms with Gasteiger partial charge in [-0.1, -0.05) is 13.3 Å². The molecule has 2 rings (SSSR count). The van der Waals surface area contributed by atoms with E-state index >= 15 is 0 Å². The second kappa shape index (κ2) is 9.88. The second-order valence-corrected chi connectivity index (χ2v) is 6.42. The number of halogens is 2. The first-order valence-corrected chi connectivity index (χ1v) is 7.83. The maximum absolute atomic E-state index is 12.5. The Bertz CT molecular complexity index is 317. The van der Waals surface area contributed by atoms with Gasteiger partial charge >= 0.3 is 0 Å². The van der Waals surface area contributed by atoms with Crippen LogP contribution in [-0.2, 0) is 4.79 Å². The van der Waals surface area contributed by atoms with Crippen LogP contribution in [-0.4, -0.2) is 55.0 Å².